The van der Waals surface area contributed by atoms with E-state index in [9.17, 15) is 20.2 Å². The van der Waals surface area contributed by atoms with Crippen molar-refractivity contribution in [1.82, 2.24) is 0 Å². The van der Waals surface area contributed by atoms with Crippen LogP contribution in [0.3, 0.4) is 0 Å². The molecule has 2 rings (SSSR count). The summed E-state index contributed by atoms with van der Waals surface area (Å²) in [5, 5.41) is 30.1. The first-order valence-electron chi connectivity index (χ1n) is 8.23. The predicted octanol–water partition coefficient (Wildman–Crippen LogP) is 2.99. The highest BCUT2D eigenvalue weighted by molar-refractivity contribution is 5.89. The minimum atomic E-state index is -0.605. The van der Waals surface area contributed by atoms with Crippen molar-refractivity contribution in [3.05, 3.63) is 55.6 Å². The number of nitro benzene ring substituents is 2. The van der Waals surface area contributed by atoms with Gasteiger partial charge in [-0.15, -0.1) is 0 Å². The zero-order chi connectivity index (χ0) is 22.3. The fourth-order valence-corrected chi connectivity index (χ4v) is 2.48. The fourth-order valence-electron chi connectivity index (χ4n) is 2.48. The smallest absolute Gasteiger partial charge is 0.282 e. The Balaban J connectivity index is 2.42. The predicted molar refractivity (Wildman–Crippen MR) is 108 cm³/mol. The van der Waals surface area contributed by atoms with E-state index in [1.807, 2.05) is 0 Å². The molecule has 0 heterocycles. The van der Waals surface area contributed by atoms with Crippen LogP contribution in [0, 0.1) is 20.2 Å². The van der Waals surface area contributed by atoms with Crippen molar-refractivity contribution in [3.8, 4) is 23.0 Å². The maximum atomic E-state index is 11.3. The highest BCUT2D eigenvalue weighted by Gasteiger charge is 2.19. The molecule has 30 heavy (non-hydrogen) atoms. The molecule has 0 aromatic heterocycles. The zero-order valence-corrected chi connectivity index (χ0v) is 16.5. The summed E-state index contributed by atoms with van der Waals surface area (Å²) >= 11 is 0. The van der Waals surface area contributed by atoms with Crippen LogP contribution in [0.15, 0.2) is 34.5 Å². The molecule has 0 aliphatic heterocycles. The van der Waals surface area contributed by atoms with Crippen LogP contribution in [-0.2, 0) is 0 Å². The van der Waals surface area contributed by atoms with E-state index < -0.39 is 9.85 Å². The molecule has 0 saturated carbocycles. The number of ether oxygens (including phenoxy) is 4. The third-order valence-electron chi connectivity index (χ3n) is 3.92. The maximum Gasteiger partial charge on any atom is 0.282 e. The second kappa shape index (κ2) is 9.82. The Hall–Kier alpha value is -4.22. The van der Waals surface area contributed by atoms with E-state index in [4.69, 9.17) is 18.9 Å². The number of nitrogens with zero attached hydrogens (tertiary/aromatic N) is 4. The number of rotatable bonds is 9. The van der Waals surface area contributed by atoms with Gasteiger partial charge in [0.1, 0.15) is 0 Å². The Morgan fingerprint density at radius 3 is 1.23 bits per heavy atom. The van der Waals surface area contributed by atoms with Gasteiger partial charge in [-0.25, -0.2) is 0 Å². The van der Waals surface area contributed by atoms with Crippen LogP contribution in [0.1, 0.15) is 11.1 Å². The van der Waals surface area contributed by atoms with Crippen LogP contribution in [0.5, 0.6) is 23.0 Å². The van der Waals surface area contributed by atoms with E-state index in [-0.39, 0.29) is 45.5 Å². The molecular formula is C18H18N4O8. The van der Waals surface area contributed by atoms with Gasteiger partial charge >= 0.3 is 0 Å². The molecule has 0 unspecified atom stereocenters. The molecule has 0 saturated heterocycles. The third kappa shape index (κ3) is 4.79. The second-order valence-corrected chi connectivity index (χ2v) is 5.54. The summed E-state index contributed by atoms with van der Waals surface area (Å²) in [5.41, 5.74) is -0.333. The van der Waals surface area contributed by atoms with Crippen molar-refractivity contribution in [3.63, 3.8) is 0 Å². The first-order chi connectivity index (χ1) is 14.4. The van der Waals surface area contributed by atoms with Gasteiger partial charge in [-0.05, 0) is 12.1 Å². The lowest BCUT2D eigenvalue weighted by molar-refractivity contribution is -0.385. The molecule has 0 amide bonds. The van der Waals surface area contributed by atoms with Crippen LogP contribution in [0.25, 0.3) is 0 Å². The lowest BCUT2D eigenvalue weighted by Crippen LogP contribution is -1.99. The average molecular weight is 418 g/mol. The zero-order valence-electron chi connectivity index (χ0n) is 16.5. The quantitative estimate of drug-likeness (QED) is 0.343. The van der Waals surface area contributed by atoms with E-state index in [2.05, 4.69) is 10.2 Å². The van der Waals surface area contributed by atoms with Crippen molar-refractivity contribution >= 4 is 23.8 Å². The summed E-state index contributed by atoms with van der Waals surface area (Å²) in [7, 11) is 5.49. The molecule has 0 aliphatic carbocycles. The average Bonchev–Trinajstić information content (AvgIpc) is 2.75. The van der Waals surface area contributed by atoms with Gasteiger partial charge in [0.05, 0.1) is 74.0 Å². The summed E-state index contributed by atoms with van der Waals surface area (Å²) in [6, 6.07) is 5.13. The fraction of sp³-hybridized carbons (Fsp3) is 0.222. The topological polar surface area (TPSA) is 148 Å². The van der Waals surface area contributed by atoms with Crippen molar-refractivity contribution < 1.29 is 28.8 Å². The highest BCUT2D eigenvalue weighted by Crippen LogP contribution is 2.34. The first-order valence-corrected chi connectivity index (χ1v) is 8.23. The van der Waals surface area contributed by atoms with Crippen LogP contribution < -0.4 is 18.9 Å². The van der Waals surface area contributed by atoms with Crippen molar-refractivity contribution in [2.45, 2.75) is 0 Å². The molecule has 0 bridgehead atoms. The summed E-state index contributed by atoms with van der Waals surface area (Å²) in [6.45, 7) is 0. The van der Waals surface area contributed by atoms with Crippen molar-refractivity contribution in [2.75, 3.05) is 28.4 Å². The molecule has 12 nitrogen and oxygen atoms in total. The lowest BCUT2D eigenvalue weighted by Gasteiger charge is -2.08. The molecule has 0 radical (unpaired) electrons. The van der Waals surface area contributed by atoms with Crippen LogP contribution in [-0.4, -0.2) is 50.7 Å². The van der Waals surface area contributed by atoms with E-state index in [0.717, 1.165) is 12.4 Å². The van der Waals surface area contributed by atoms with E-state index in [1.165, 1.54) is 52.7 Å². The molecule has 158 valence electrons. The monoisotopic (exact) mass is 418 g/mol. The maximum absolute atomic E-state index is 11.3. The molecular weight excluding hydrogens is 400 g/mol. The van der Waals surface area contributed by atoms with Crippen LogP contribution >= 0.6 is 0 Å². The van der Waals surface area contributed by atoms with Gasteiger partial charge in [-0.1, -0.05) is 0 Å². The molecule has 0 aliphatic rings. The van der Waals surface area contributed by atoms with Gasteiger partial charge in [0.15, 0.2) is 23.0 Å². The second-order valence-electron chi connectivity index (χ2n) is 5.54. The van der Waals surface area contributed by atoms with E-state index in [1.54, 1.807) is 0 Å². The number of nitro groups is 2. The van der Waals surface area contributed by atoms with E-state index >= 15 is 0 Å². The number of methoxy groups -OCH3 is 4. The summed E-state index contributed by atoms with van der Waals surface area (Å²) in [5.74, 6) is 0.907. The van der Waals surface area contributed by atoms with Gasteiger partial charge in [-0.3, -0.25) is 20.2 Å². The highest BCUT2D eigenvalue weighted by atomic mass is 16.6. The normalized spacial score (nSPS) is 10.9. The van der Waals surface area contributed by atoms with Crippen LogP contribution in [0.2, 0.25) is 0 Å². The van der Waals surface area contributed by atoms with Gasteiger partial charge in [0.25, 0.3) is 11.4 Å². The standard InChI is InChI=1S/C18H18N4O8/c1-27-15-5-11(13(21(23)24)7-17(15)29-3)9-19-20-10-12-6-16(28-2)18(30-4)8-14(12)22(25)26/h5-10H,1-4H3/b19-9-,20-10-. The minimum absolute atomic E-state index is 0.108. The molecule has 0 atom stereocenters. The Morgan fingerprint density at radius 1 is 0.667 bits per heavy atom. The summed E-state index contributed by atoms with van der Waals surface area (Å²) in [4.78, 5) is 21.4. The Labute approximate surface area is 170 Å². The SMILES string of the molecule is COc1cc(/C=N\N=C/c2cc(OC)c(OC)cc2[N+](=O)[O-])c([N+](=O)[O-])cc1OC. The third-order valence-corrected chi connectivity index (χ3v) is 3.92. The van der Waals surface area contributed by atoms with Crippen LogP contribution in [0.4, 0.5) is 11.4 Å². The lowest BCUT2D eigenvalue weighted by atomic mass is 10.1. The number of hydrogen-bond donors (Lipinski definition) is 0. The van der Waals surface area contributed by atoms with Gasteiger partial charge < -0.3 is 18.9 Å². The Kier molecular flexibility index (Phi) is 7.22. The minimum Gasteiger partial charge on any atom is -0.493 e. The van der Waals surface area contributed by atoms with Gasteiger partial charge in [0, 0.05) is 0 Å². The van der Waals surface area contributed by atoms with Gasteiger partial charge in [0.2, 0.25) is 0 Å². The Morgan fingerprint density at radius 2 is 0.967 bits per heavy atom. The number of hydrogen-bond acceptors (Lipinski definition) is 10. The Bertz CT molecular complexity index is 938. The van der Waals surface area contributed by atoms with Crippen molar-refractivity contribution in [2.24, 2.45) is 10.2 Å². The molecule has 2 aromatic carbocycles. The molecule has 0 N–H and O–H groups in total. The molecule has 0 spiro atoms. The van der Waals surface area contributed by atoms with Crippen molar-refractivity contribution in [1.29, 1.82) is 0 Å². The first kappa shape index (κ1) is 22.1. The largest absolute Gasteiger partial charge is 0.493 e. The van der Waals surface area contributed by atoms with Gasteiger partial charge in [-0.2, -0.15) is 10.2 Å². The molecule has 2 aromatic rings. The molecule has 12 heteroatoms. The molecule has 0 fully saturated rings. The summed E-state index contributed by atoms with van der Waals surface area (Å²) in [6.07, 6.45) is 2.26. The number of benzene rings is 2. The van der Waals surface area contributed by atoms with E-state index in [0.29, 0.717) is 0 Å². The summed E-state index contributed by atoms with van der Waals surface area (Å²) < 4.78 is 20.4.